The Morgan fingerprint density at radius 3 is 2.58 bits per heavy atom. The molecule has 0 aliphatic carbocycles. The standard InChI is InChI=1S/C16H12Br2ClNO4/c17-9-1-2-13(11(19)5-9)24-8-16(21)20-12-7-15-14(6-10(12)18)22-3-4-23-15/h1-2,5-7H,3-4,8H2,(H,20,21). The molecule has 0 radical (unpaired) electrons. The van der Waals surface area contributed by atoms with Gasteiger partial charge in [0.15, 0.2) is 18.1 Å². The van der Waals surface area contributed by atoms with Crippen molar-refractivity contribution in [2.45, 2.75) is 0 Å². The van der Waals surface area contributed by atoms with Crippen molar-refractivity contribution >= 4 is 55.1 Å². The number of nitrogens with one attached hydrogen (secondary N) is 1. The molecule has 0 saturated carbocycles. The number of hydrogen-bond donors (Lipinski definition) is 1. The average molecular weight is 478 g/mol. The maximum Gasteiger partial charge on any atom is 0.262 e. The van der Waals surface area contributed by atoms with Crippen molar-refractivity contribution in [1.82, 2.24) is 0 Å². The smallest absolute Gasteiger partial charge is 0.262 e. The number of carbonyl (C=O) groups excluding carboxylic acids is 1. The van der Waals surface area contributed by atoms with Crippen LogP contribution in [0.15, 0.2) is 39.3 Å². The molecule has 5 nitrogen and oxygen atoms in total. The Hall–Kier alpha value is -1.44. The number of ether oxygens (including phenoxy) is 3. The monoisotopic (exact) mass is 475 g/mol. The third-order valence-corrected chi connectivity index (χ3v) is 4.60. The van der Waals surface area contributed by atoms with Crippen LogP contribution in [0.25, 0.3) is 0 Å². The first-order chi connectivity index (χ1) is 11.5. The normalized spacial score (nSPS) is 12.6. The van der Waals surface area contributed by atoms with Gasteiger partial charge in [0.1, 0.15) is 19.0 Å². The summed E-state index contributed by atoms with van der Waals surface area (Å²) in [5, 5.41) is 3.19. The molecule has 0 unspecified atom stereocenters. The van der Waals surface area contributed by atoms with E-state index < -0.39 is 0 Å². The van der Waals surface area contributed by atoms with Gasteiger partial charge in [0, 0.05) is 21.1 Å². The van der Waals surface area contributed by atoms with E-state index >= 15 is 0 Å². The molecule has 0 spiro atoms. The number of amides is 1. The van der Waals surface area contributed by atoms with Gasteiger partial charge >= 0.3 is 0 Å². The van der Waals surface area contributed by atoms with Crippen molar-refractivity contribution in [1.29, 1.82) is 0 Å². The van der Waals surface area contributed by atoms with Crippen LogP contribution in [0.1, 0.15) is 0 Å². The molecular formula is C16H12Br2ClNO4. The van der Waals surface area contributed by atoms with E-state index in [1.165, 1.54) is 0 Å². The number of rotatable bonds is 4. The van der Waals surface area contributed by atoms with Crippen LogP contribution >= 0.6 is 43.5 Å². The maximum atomic E-state index is 12.1. The van der Waals surface area contributed by atoms with Gasteiger partial charge in [-0.1, -0.05) is 27.5 Å². The lowest BCUT2D eigenvalue weighted by molar-refractivity contribution is -0.118. The van der Waals surface area contributed by atoms with Crippen molar-refractivity contribution in [2.75, 3.05) is 25.1 Å². The van der Waals surface area contributed by atoms with E-state index in [0.717, 1.165) is 4.47 Å². The second kappa shape index (κ2) is 7.63. The third-order valence-electron chi connectivity index (χ3n) is 3.16. The summed E-state index contributed by atoms with van der Waals surface area (Å²) in [6, 6.07) is 8.65. The van der Waals surface area contributed by atoms with Crippen molar-refractivity contribution in [3.05, 3.63) is 44.3 Å². The summed E-state index contributed by atoms with van der Waals surface area (Å²) in [4.78, 5) is 12.1. The lowest BCUT2D eigenvalue weighted by atomic mass is 10.2. The molecular weight excluding hydrogens is 465 g/mol. The molecule has 3 rings (SSSR count). The molecule has 1 heterocycles. The van der Waals surface area contributed by atoms with Crippen molar-refractivity contribution in [3.8, 4) is 17.2 Å². The van der Waals surface area contributed by atoms with Crippen molar-refractivity contribution in [3.63, 3.8) is 0 Å². The van der Waals surface area contributed by atoms with Crippen LogP contribution in [0.5, 0.6) is 17.2 Å². The van der Waals surface area contributed by atoms with Crippen LogP contribution in [0, 0.1) is 0 Å². The fourth-order valence-electron chi connectivity index (χ4n) is 2.08. The molecule has 1 N–H and O–H groups in total. The van der Waals surface area contributed by atoms with Gasteiger partial charge in [0.05, 0.1) is 10.7 Å². The highest BCUT2D eigenvalue weighted by molar-refractivity contribution is 9.10. The van der Waals surface area contributed by atoms with E-state index in [1.54, 1.807) is 30.3 Å². The van der Waals surface area contributed by atoms with Gasteiger partial charge in [0.25, 0.3) is 5.91 Å². The summed E-state index contributed by atoms with van der Waals surface area (Å²) in [5.74, 6) is 1.36. The highest BCUT2D eigenvalue weighted by Crippen LogP contribution is 2.38. The Bertz CT molecular complexity index is 785. The molecule has 0 saturated heterocycles. The van der Waals surface area contributed by atoms with Gasteiger partial charge in [-0.15, -0.1) is 0 Å². The number of fused-ring (bicyclic) bond motifs is 1. The molecule has 0 bridgehead atoms. The minimum Gasteiger partial charge on any atom is -0.486 e. The largest absolute Gasteiger partial charge is 0.486 e. The number of hydrogen-bond acceptors (Lipinski definition) is 4. The van der Waals surface area contributed by atoms with E-state index in [2.05, 4.69) is 37.2 Å². The van der Waals surface area contributed by atoms with Gasteiger partial charge in [-0.3, -0.25) is 4.79 Å². The van der Waals surface area contributed by atoms with E-state index in [1.807, 2.05) is 0 Å². The fraction of sp³-hybridized carbons (Fsp3) is 0.188. The van der Waals surface area contributed by atoms with E-state index in [-0.39, 0.29) is 12.5 Å². The number of benzene rings is 2. The summed E-state index contributed by atoms with van der Waals surface area (Å²) in [6.45, 7) is 0.822. The predicted octanol–water partition coefficient (Wildman–Crippen LogP) is 4.65. The molecule has 2 aromatic carbocycles. The Kier molecular flexibility index (Phi) is 5.53. The van der Waals surface area contributed by atoms with Crippen LogP contribution in [0.2, 0.25) is 5.02 Å². The molecule has 2 aromatic rings. The Morgan fingerprint density at radius 2 is 1.88 bits per heavy atom. The van der Waals surface area contributed by atoms with Crippen LogP contribution in [0.4, 0.5) is 5.69 Å². The average Bonchev–Trinajstić information content (AvgIpc) is 2.55. The summed E-state index contributed by atoms with van der Waals surface area (Å²) in [5.41, 5.74) is 0.578. The van der Waals surface area contributed by atoms with Gasteiger partial charge < -0.3 is 19.5 Å². The van der Waals surface area contributed by atoms with Crippen LogP contribution in [-0.4, -0.2) is 25.7 Å². The van der Waals surface area contributed by atoms with E-state index in [0.29, 0.717) is 45.6 Å². The van der Waals surface area contributed by atoms with Gasteiger partial charge in [-0.25, -0.2) is 0 Å². The number of anilines is 1. The molecule has 24 heavy (non-hydrogen) atoms. The summed E-state index contributed by atoms with van der Waals surface area (Å²) in [6.07, 6.45) is 0. The summed E-state index contributed by atoms with van der Waals surface area (Å²) < 4.78 is 18.0. The lowest BCUT2D eigenvalue weighted by Crippen LogP contribution is -2.21. The first kappa shape index (κ1) is 17.4. The van der Waals surface area contributed by atoms with Gasteiger partial charge in [-0.2, -0.15) is 0 Å². The SMILES string of the molecule is O=C(COc1ccc(Br)cc1Cl)Nc1cc2c(cc1Br)OCCO2. The first-order valence-corrected chi connectivity index (χ1v) is 8.96. The quantitative estimate of drug-likeness (QED) is 0.696. The zero-order valence-corrected chi connectivity index (χ0v) is 16.2. The molecule has 0 atom stereocenters. The molecule has 1 aliphatic rings. The van der Waals surface area contributed by atoms with Crippen molar-refractivity contribution < 1.29 is 19.0 Å². The molecule has 0 aromatic heterocycles. The topological polar surface area (TPSA) is 56.8 Å². The second-order valence-electron chi connectivity index (χ2n) is 4.89. The van der Waals surface area contributed by atoms with Crippen LogP contribution < -0.4 is 19.5 Å². The minimum atomic E-state index is -0.314. The highest BCUT2D eigenvalue weighted by Gasteiger charge is 2.16. The molecule has 1 amide bonds. The third kappa shape index (κ3) is 4.15. The fourth-order valence-corrected chi connectivity index (χ4v) is 3.23. The molecule has 126 valence electrons. The first-order valence-electron chi connectivity index (χ1n) is 7.00. The van der Waals surface area contributed by atoms with E-state index in [4.69, 9.17) is 25.8 Å². The van der Waals surface area contributed by atoms with Crippen molar-refractivity contribution in [2.24, 2.45) is 0 Å². The van der Waals surface area contributed by atoms with Crippen LogP contribution in [0.3, 0.4) is 0 Å². The van der Waals surface area contributed by atoms with Crippen LogP contribution in [-0.2, 0) is 4.79 Å². The zero-order chi connectivity index (χ0) is 17.1. The number of halogens is 3. The number of carbonyl (C=O) groups is 1. The molecule has 0 fully saturated rings. The minimum absolute atomic E-state index is 0.164. The zero-order valence-electron chi connectivity index (χ0n) is 12.3. The second-order valence-corrected chi connectivity index (χ2v) is 7.06. The summed E-state index contributed by atoms with van der Waals surface area (Å²) >= 11 is 12.8. The lowest BCUT2D eigenvalue weighted by Gasteiger charge is -2.20. The van der Waals surface area contributed by atoms with Gasteiger partial charge in [0.2, 0.25) is 0 Å². The Balaban J connectivity index is 1.64. The van der Waals surface area contributed by atoms with Gasteiger partial charge in [-0.05, 0) is 34.1 Å². The Labute approximate surface area is 160 Å². The molecule has 1 aliphatic heterocycles. The predicted molar refractivity (Wildman–Crippen MR) is 98.4 cm³/mol. The molecule has 8 heteroatoms. The summed E-state index contributed by atoms with van der Waals surface area (Å²) in [7, 11) is 0. The maximum absolute atomic E-state index is 12.1. The highest BCUT2D eigenvalue weighted by atomic mass is 79.9. The van der Waals surface area contributed by atoms with E-state index in [9.17, 15) is 4.79 Å². The Morgan fingerprint density at radius 1 is 1.17 bits per heavy atom.